The number of aromatic amines is 1. The molecule has 8 heteroatoms. The number of H-pyrrole nitrogens is 1. The monoisotopic (exact) mass is 263 g/mol. The summed E-state index contributed by atoms with van der Waals surface area (Å²) in [5.41, 5.74) is 0.616. The Kier molecular flexibility index (Phi) is 3.79. The van der Waals surface area contributed by atoms with Gasteiger partial charge in [0.15, 0.2) is 5.65 Å². The van der Waals surface area contributed by atoms with Crippen molar-refractivity contribution in [1.29, 1.82) is 0 Å². The van der Waals surface area contributed by atoms with E-state index >= 15 is 0 Å². The lowest BCUT2D eigenvalue weighted by molar-refractivity contribution is -0.121. The van der Waals surface area contributed by atoms with Crippen molar-refractivity contribution in [1.82, 2.24) is 25.5 Å². The smallest absolute Gasteiger partial charge is 0.242 e. The van der Waals surface area contributed by atoms with E-state index in [0.29, 0.717) is 24.0 Å². The number of likely N-dealkylation sites (N-methyl/N-ethyl adjacent to an activating group) is 1. The molecule has 0 bridgehead atoms. The Bertz CT molecular complexity index is 579. The van der Waals surface area contributed by atoms with Crippen LogP contribution in [0.5, 0.6) is 0 Å². The van der Waals surface area contributed by atoms with E-state index < -0.39 is 6.04 Å². The van der Waals surface area contributed by atoms with Crippen molar-refractivity contribution in [2.24, 2.45) is 0 Å². The molecule has 0 saturated carbocycles. The third-order valence-electron chi connectivity index (χ3n) is 2.63. The fourth-order valence-corrected chi connectivity index (χ4v) is 1.65. The Hall–Kier alpha value is -2.38. The summed E-state index contributed by atoms with van der Waals surface area (Å²) in [4.78, 5) is 20.2. The highest BCUT2D eigenvalue weighted by molar-refractivity contribution is 5.90. The number of hydrogen-bond donors (Lipinski definition) is 4. The molecule has 2 rings (SSSR count). The molecule has 0 aromatic carbocycles. The average molecular weight is 263 g/mol. The highest BCUT2D eigenvalue weighted by Crippen LogP contribution is 2.20. The summed E-state index contributed by atoms with van der Waals surface area (Å²) in [6.07, 6.45) is 1.63. The van der Waals surface area contributed by atoms with Crippen molar-refractivity contribution in [2.45, 2.75) is 19.9 Å². The van der Waals surface area contributed by atoms with Crippen molar-refractivity contribution < 1.29 is 4.79 Å². The number of fused-ring (bicyclic) bond motifs is 1. The van der Waals surface area contributed by atoms with Crippen molar-refractivity contribution in [3.8, 4) is 0 Å². The van der Waals surface area contributed by atoms with Crippen molar-refractivity contribution in [2.75, 3.05) is 24.2 Å². The molecule has 1 atom stereocenters. The number of hydrogen-bond acceptors (Lipinski definition) is 6. The quantitative estimate of drug-likeness (QED) is 0.619. The Morgan fingerprint density at radius 1 is 1.47 bits per heavy atom. The predicted molar refractivity (Wildman–Crippen MR) is 73.0 cm³/mol. The second kappa shape index (κ2) is 5.51. The number of nitrogens with zero attached hydrogens (tertiary/aromatic N) is 3. The molecule has 0 aliphatic heterocycles. The maximum atomic E-state index is 11.7. The van der Waals surface area contributed by atoms with Crippen LogP contribution in [-0.4, -0.2) is 45.7 Å². The van der Waals surface area contributed by atoms with Crippen LogP contribution in [0.15, 0.2) is 6.20 Å². The SMILES string of the molecule is CCNC(=O)C(C)Nc1nc(NC)nc2[nH]ncc12. The molecule has 2 heterocycles. The van der Waals surface area contributed by atoms with Gasteiger partial charge in [-0.2, -0.15) is 15.1 Å². The lowest BCUT2D eigenvalue weighted by atomic mass is 10.3. The summed E-state index contributed by atoms with van der Waals surface area (Å²) >= 11 is 0. The molecule has 2 aromatic rings. The maximum Gasteiger partial charge on any atom is 0.242 e. The number of carbonyl (C=O) groups is 1. The molecular formula is C11H17N7O. The minimum Gasteiger partial charge on any atom is -0.358 e. The highest BCUT2D eigenvalue weighted by atomic mass is 16.2. The molecule has 0 radical (unpaired) electrons. The van der Waals surface area contributed by atoms with Gasteiger partial charge in [0.25, 0.3) is 0 Å². The summed E-state index contributed by atoms with van der Waals surface area (Å²) in [5.74, 6) is 0.952. The average Bonchev–Trinajstić information content (AvgIpc) is 2.87. The zero-order valence-corrected chi connectivity index (χ0v) is 11.1. The van der Waals surface area contributed by atoms with Crippen molar-refractivity contribution >= 4 is 28.7 Å². The maximum absolute atomic E-state index is 11.7. The summed E-state index contributed by atoms with van der Waals surface area (Å²) in [5, 5.41) is 16.1. The molecule has 1 unspecified atom stereocenters. The minimum atomic E-state index is -0.391. The van der Waals surface area contributed by atoms with Gasteiger partial charge in [0, 0.05) is 13.6 Å². The molecule has 102 valence electrons. The van der Waals surface area contributed by atoms with Crippen LogP contribution in [0.1, 0.15) is 13.8 Å². The third-order valence-corrected chi connectivity index (χ3v) is 2.63. The molecule has 0 aliphatic carbocycles. The third kappa shape index (κ3) is 2.72. The van der Waals surface area contributed by atoms with Gasteiger partial charge >= 0.3 is 0 Å². The van der Waals surface area contributed by atoms with E-state index in [1.54, 1.807) is 20.2 Å². The fraction of sp³-hybridized carbons (Fsp3) is 0.455. The van der Waals surface area contributed by atoms with Gasteiger partial charge in [-0.25, -0.2) is 0 Å². The standard InChI is InChI=1S/C11H17N7O/c1-4-13-10(19)6(2)15-8-7-5-14-18-9(7)17-11(12-3)16-8/h5-6H,4H2,1-3H3,(H,13,19)(H3,12,14,15,16,17,18). The van der Waals surface area contributed by atoms with Gasteiger partial charge < -0.3 is 16.0 Å². The largest absolute Gasteiger partial charge is 0.358 e. The Morgan fingerprint density at radius 2 is 2.26 bits per heavy atom. The highest BCUT2D eigenvalue weighted by Gasteiger charge is 2.15. The van der Waals surface area contributed by atoms with Crippen LogP contribution in [0, 0.1) is 0 Å². The van der Waals surface area contributed by atoms with Crippen LogP contribution < -0.4 is 16.0 Å². The summed E-state index contributed by atoms with van der Waals surface area (Å²) in [6, 6.07) is -0.391. The molecule has 0 aliphatic rings. The van der Waals surface area contributed by atoms with Gasteiger partial charge in [0.05, 0.1) is 11.6 Å². The summed E-state index contributed by atoms with van der Waals surface area (Å²) in [7, 11) is 1.73. The number of nitrogens with one attached hydrogen (secondary N) is 4. The van der Waals surface area contributed by atoms with Crippen LogP contribution in [-0.2, 0) is 4.79 Å². The summed E-state index contributed by atoms with van der Waals surface area (Å²) in [6.45, 7) is 4.25. The molecule has 1 amide bonds. The van der Waals surface area contributed by atoms with Crippen LogP contribution in [0.25, 0.3) is 11.0 Å². The van der Waals surface area contributed by atoms with E-state index in [1.165, 1.54) is 0 Å². The first-order valence-electron chi connectivity index (χ1n) is 6.08. The molecule has 2 aromatic heterocycles. The molecular weight excluding hydrogens is 246 g/mol. The van der Waals surface area contributed by atoms with E-state index in [-0.39, 0.29) is 5.91 Å². The minimum absolute atomic E-state index is 0.0798. The van der Waals surface area contributed by atoms with E-state index in [1.807, 2.05) is 6.92 Å². The predicted octanol–water partition coefficient (Wildman–Crippen LogP) is 0.331. The topological polar surface area (TPSA) is 108 Å². The molecule has 8 nitrogen and oxygen atoms in total. The number of carbonyl (C=O) groups excluding carboxylic acids is 1. The van der Waals surface area contributed by atoms with Crippen molar-refractivity contribution in [3.63, 3.8) is 0 Å². The first kappa shape index (κ1) is 13.1. The molecule has 0 spiro atoms. The van der Waals surface area contributed by atoms with Crippen molar-refractivity contribution in [3.05, 3.63) is 6.20 Å². The summed E-state index contributed by atoms with van der Waals surface area (Å²) < 4.78 is 0. The van der Waals surface area contributed by atoms with E-state index in [9.17, 15) is 4.79 Å². The Labute approximate surface area is 110 Å². The van der Waals surface area contributed by atoms with Gasteiger partial charge in [0.2, 0.25) is 11.9 Å². The number of aromatic nitrogens is 4. The van der Waals surface area contributed by atoms with Crippen LogP contribution in [0.2, 0.25) is 0 Å². The lowest BCUT2D eigenvalue weighted by Crippen LogP contribution is -2.37. The molecule has 4 N–H and O–H groups in total. The van der Waals surface area contributed by atoms with E-state index in [4.69, 9.17) is 0 Å². The Morgan fingerprint density at radius 3 is 2.95 bits per heavy atom. The van der Waals surface area contributed by atoms with Gasteiger partial charge in [-0.3, -0.25) is 9.89 Å². The normalized spacial score (nSPS) is 12.2. The Balaban J connectivity index is 2.28. The van der Waals surface area contributed by atoms with Gasteiger partial charge in [-0.05, 0) is 13.8 Å². The van der Waals surface area contributed by atoms with Gasteiger partial charge in [-0.15, -0.1) is 0 Å². The lowest BCUT2D eigenvalue weighted by Gasteiger charge is -2.14. The first-order valence-corrected chi connectivity index (χ1v) is 6.08. The number of rotatable bonds is 5. The van der Waals surface area contributed by atoms with Crippen LogP contribution >= 0.6 is 0 Å². The molecule has 19 heavy (non-hydrogen) atoms. The number of anilines is 2. The van der Waals surface area contributed by atoms with Gasteiger partial charge in [0.1, 0.15) is 11.9 Å². The zero-order chi connectivity index (χ0) is 13.8. The van der Waals surface area contributed by atoms with Crippen LogP contribution in [0.4, 0.5) is 11.8 Å². The first-order chi connectivity index (χ1) is 9.15. The fourth-order valence-electron chi connectivity index (χ4n) is 1.65. The molecule has 0 saturated heterocycles. The second-order valence-corrected chi connectivity index (χ2v) is 4.04. The van der Waals surface area contributed by atoms with Gasteiger partial charge in [-0.1, -0.05) is 0 Å². The zero-order valence-electron chi connectivity index (χ0n) is 11.1. The molecule has 0 fully saturated rings. The van der Waals surface area contributed by atoms with Crippen LogP contribution in [0.3, 0.4) is 0 Å². The second-order valence-electron chi connectivity index (χ2n) is 4.04. The van der Waals surface area contributed by atoms with E-state index in [2.05, 4.69) is 36.1 Å². The van der Waals surface area contributed by atoms with E-state index in [0.717, 1.165) is 5.39 Å². The number of amides is 1.